The van der Waals surface area contributed by atoms with Crippen molar-refractivity contribution < 1.29 is 9.53 Å². The number of tetrazole rings is 1. The van der Waals surface area contributed by atoms with Gasteiger partial charge in [0.05, 0.1) is 32.7 Å². The van der Waals surface area contributed by atoms with Crippen LogP contribution in [-0.4, -0.2) is 51.8 Å². The highest BCUT2D eigenvalue weighted by atomic mass is 16.5. The maximum atomic E-state index is 11.7. The molecule has 1 aromatic heterocycles. The Kier molecular flexibility index (Phi) is 3.02. The van der Waals surface area contributed by atoms with Crippen LogP contribution in [0.1, 0.15) is 5.82 Å². The van der Waals surface area contributed by atoms with Gasteiger partial charge in [-0.15, -0.1) is 10.2 Å². The van der Waals surface area contributed by atoms with Crippen LogP contribution in [-0.2, 0) is 23.0 Å². The Labute approximate surface area is 86.8 Å². The highest BCUT2D eigenvalue weighted by Crippen LogP contribution is 1.99. The number of ketones is 1. The van der Waals surface area contributed by atoms with Crippen molar-refractivity contribution in [2.45, 2.75) is 12.5 Å². The quantitative estimate of drug-likeness (QED) is 0.642. The maximum absolute atomic E-state index is 11.7. The van der Waals surface area contributed by atoms with Crippen LogP contribution in [0.4, 0.5) is 0 Å². The zero-order chi connectivity index (χ0) is 10.7. The fourth-order valence-corrected chi connectivity index (χ4v) is 1.45. The number of nitrogens with zero attached hydrogens (tertiary/aromatic N) is 4. The van der Waals surface area contributed by atoms with Gasteiger partial charge < -0.3 is 10.1 Å². The molecule has 1 fully saturated rings. The van der Waals surface area contributed by atoms with Crippen molar-refractivity contribution >= 4 is 5.78 Å². The molecule has 82 valence electrons. The SMILES string of the molecule is Cn1nnc(CC(=O)C2COCCN2)n1. The minimum atomic E-state index is -0.234. The zero-order valence-electron chi connectivity index (χ0n) is 8.51. The Morgan fingerprint density at radius 2 is 2.60 bits per heavy atom. The number of carbonyl (C=O) groups is 1. The van der Waals surface area contributed by atoms with Gasteiger partial charge in [0.25, 0.3) is 0 Å². The van der Waals surface area contributed by atoms with E-state index in [0.29, 0.717) is 25.6 Å². The molecule has 1 atom stereocenters. The molecule has 1 aliphatic heterocycles. The number of hydrogen-bond donors (Lipinski definition) is 1. The first-order chi connectivity index (χ1) is 7.25. The van der Waals surface area contributed by atoms with Gasteiger partial charge in [-0.25, -0.2) is 0 Å². The number of aryl methyl sites for hydroxylation is 1. The predicted molar refractivity (Wildman–Crippen MR) is 50.1 cm³/mol. The van der Waals surface area contributed by atoms with E-state index in [0.717, 1.165) is 0 Å². The molecule has 7 nitrogen and oxygen atoms in total. The van der Waals surface area contributed by atoms with Crippen molar-refractivity contribution in [1.29, 1.82) is 0 Å². The normalized spacial score (nSPS) is 21.5. The van der Waals surface area contributed by atoms with Crippen molar-refractivity contribution in [3.05, 3.63) is 5.82 Å². The topological polar surface area (TPSA) is 81.9 Å². The lowest BCUT2D eigenvalue weighted by Crippen LogP contribution is -2.47. The Bertz CT molecular complexity index is 345. The van der Waals surface area contributed by atoms with Crippen molar-refractivity contribution in [1.82, 2.24) is 25.5 Å². The van der Waals surface area contributed by atoms with Gasteiger partial charge in [0.2, 0.25) is 0 Å². The highest BCUT2D eigenvalue weighted by Gasteiger charge is 2.22. The Hall–Kier alpha value is -1.34. The second-order valence-electron chi connectivity index (χ2n) is 3.42. The molecule has 1 aromatic rings. The molecule has 0 amide bonds. The lowest BCUT2D eigenvalue weighted by atomic mass is 10.1. The van der Waals surface area contributed by atoms with Crippen LogP contribution in [0.5, 0.6) is 0 Å². The molecule has 0 radical (unpaired) electrons. The molecule has 0 aromatic carbocycles. The molecule has 2 rings (SSSR count). The molecule has 0 spiro atoms. The monoisotopic (exact) mass is 211 g/mol. The number of hydrogen-bond acceptors (Lipinski definition) is 6. The van der Waals surface area contributed by atoms with Gasteiger partial charge in [-0.2, -0.15) is 4.80 Å². The molecule has 15 heavy (non-hydrogen) atoms. The summed E-state index contributed by atoms with van der Waals surface area (Å²) >= 11 is 0. The smallest absolute Gasteiger partial charge is 0.182 e. The van der Waals surface area contributed by atoms with Gasteiger partial charge in [-0.3, -0.25) is 4.79 Å². The van der Waals surface area contributed by atoms with E-state index in [1.54, 1.807) is 7.05 Å². The third kappa shape index (κ3) is 2.57. The maximum Gasteiger partial charge on any atom is 0.182 e. The summed E-state index contributed by atoms with van der Waals surface area (Å²) in [6, 6.07) is -0.234. The molecule has 1 unspecified atom stereocenters. The number of morpholine rings is 1. The van der Waals surface area contributed by atoms with E-state index in [1.807, 2.05) is 0 Å². The lowest BCUT2D eigenvalue weighted by molar-refractivity contribution is -0.123. The van der Waals surface area contributed by atoms with E-state index < -0.39 is 0 Å². The van der Waals surface area contributed by atoms with Crippen LogP contribution in [0.3, 0.4) is 0 Å². The summed E-state index contributed by atoms with van der Waals surface area (Å²) < 4.78 is 5.20. The van der Waals surface area contributed by atoms with Crippen molar-refractivity contribution in [3.63, 3.8) is 0 Å². The Morgan fingerprint density at radius 1 is 1.73 bits per heavy atom. The first-order valence-electron chi connectivity index (χ1n) is 4.82. The standard InChI is InChI=1S/C8H13N5O2/c1-13-11-8(10-12-13)4-7(14)6-5-15-3-2-9-6/h6,9H,2-5H2,1H3. The van der Waals surface area contributed by atoms with Crippen LogP contribution in [0.25, 0.3) is 0 Å². The summed E-state index contributed by atoms with van der Waals surface area (Å²) in [6.07, 6.45) is 0.203. The minimum Gasteiger partial charge on any atom is -0.378 e. The van der Waals surface area contributed by atoms with Crippen molar-refractivity contribution in [3.8, 4) is 0 Å². The molecule has 0 saturated carbocycles. The highest BCUT2D eigenvalue weighted by molar-refractivity contribution is 5.85. The van der Waals surface area contributed by atoms with Crippen LogP contribution in [0.2, 0.25) is 0 Å². The first kappa shape index (κ1) is 10.2. The average molecular weight is 211 g/mol. The Morgan fingerprint density at radius 3 is 3.20 bits per heavy atom. The van der Waals surface area contributed by atoms with Crippen molar-refractivity contribution in [2.75, 3.05) is 19.8 Å². The largest absolute Gasteiger partial charge is 0.378 e. The third-order valence-electron chi connectivity index (χ3n) is 2.19. The molecule has 1 saturated heterocycles. The minimum absolute atomic E-state index is 0.0442. The van der Waals surface area contributed by atoms with E-state index in [9.17, 15) is 4.79 Å². The molecular formula is C8H13N5O2. The van der Waals surface area contributed by atoms with Crippen LogP contribution in [0.15, 0.2) is 0 Å². The molecule has 1 N–H and O–H groups in total. The summed E-state index contributed by atoms with van der Waals surface area (Å²) in [7, 11) is 1.67. The van der Waals surface area contributed by atoms with E-state index in [4.69, 9.17) is 4.74 Å². The van der Waals surface area contributed by atoms with Gasteiger partial charge in [-0.1, -0.05) is 0 Å². The number of Topliss-reactive ketones (excluding diaryl/α,β-unsaturated/α-hetero) is 1. The lowest BCUT2D eigenvalue weighted by Gasteiger charge is -2.21. The molecule has 0 bridgehead atoms. The number of aromatic nitrogens is 4. The number of carbonyl (C=O) groups excluding carboxylic acids is 1. The van der Waals surface area contributed by atoms with E-state index in [-0.39, 0.29) is 18.2 Å². The summed E-state index contributed by atoms with van der Waals surface area (Å²) in [4.78, 5) is 13.1. The fraction of sp³-hybridized carbons (Fsp3) is 0.750. The number of nitrogens with one attached hydrogen (secondary N) is 1. The molecule has 2 heterocycles. The van der Waals surface area contributed by atoms with E-state index >= 15 is 0 Å². The molecular weight excluding hydrogens is 198 g/mol. The molecule has 0 aliphatic carbocycles. The van der Waals surface area contributed by atoms with Gasteiger partial charge >= 0.3 is 0 Å². The predicted octanol–water partition coefficient (Wildman–Crippen LogP) is -1.69. The summed E-state index contributed by atoms with van der Waals surface area (Å²) in [6.45, 7) is 1.80. The van der Waals surface area contributed by atoms with E-state index in [1.165, 1.54) is 4.80 Å². The van der Waals surface area contributed by atoms with Gasteiger partial charge in [0.1, 0.15) is 0 Å². The van der Waals surface area contributed by atoms with Crippen LogP contribution >= 0.6 is 0 Å². The second-order valence-corrected chi connectivity index (χ2v) is 3.42. The van der Waals surface area contributed by atoms with E-state index in [2.05, 4.69) is 20.7 Å². The fourth-order valence-electron chi connectivity index (χ4n) is 1.45. The van der Waals surface area contributed by atoms with Crippen LogP contribution in [0, 0.1) is 0 Å². The summed E-state index contributed by atoms with van der Waals surface area (Å²) in [5.74, 6) is 0.498. The van der Waals surface area contributed by atoms with Gasteiger partial charge in [-0.05, 0) is 5.21 Å². The summed E-state index contributed by atoms with van der Waals surface area (Å²) in [5, 5.41) is 14.5. The average Bonchev–Trinajstić information content (AvgIpc) is 2.65. The first-order valence-corrected chi connectivity index (χ1v) is 4.82. The molecule has 1 aliphatic rings. The number of ether oxygens (including phenoxy) is 1. The van der Waals surface area contributed by atoms with Gasteiger partial charge in [0.15, 0.2) is 11.6 Å². The van der Waals surface area contributed by atoms with Gasteiger partial charge in [0, 0.05) is 6.54 Å². The third-order valence-corrected chi connectivity index (χ3v) is 2.19. The number of rotatable bonds is 3. The second kappa shape index (κ2) is 4.45. The zero-order valence-corrected chi connectivity index (χ0v) is 8.51. The van der Waals surface area contributed by atoms with Crippen molar-refractivity contribution in [2.24, 2.45) is 7.05 Å². The Balaban J connectivity index is 1.91. The van der Waals surface area contributed by atoms with Crippen LogP contribution < -0.4 is 5.32 Å². The molecule has 7 heteroatoms. The summed E-state index contributed by atoms with van der Waals surface area (Å²) in [5.41, 5.74) is 0.